The molecule has 4 heteroatoms. The summed E-state index contributed by atoms with van der Waals surface area (Å²) < 4.78 is 0.929. The van der Waals surface area contributed by atoms with Crippen LogP contribution in [0.1, 0.15) is 0 Å². The monoisotopic (exact) mass is 463 g/mol. The summed E-state index contributed by atoms with van der Waals surface area (Å²) in [5, 5.41) is 0. The number of hydrogen-bond acceptors (Lipinski definition) is 3. The van der Waals surface area contributed by atoms with Crippen molar-refractivity contribution >= 4 is 15.9 Å². The Balaban J connectivity index is 1.87. The second kappa shape index (κ2) is 8.62. The summed E-state index contributed by atoms with van der Waals surface area (Å²) in [5.74, 6) is 0.679. The van der Waals surface area contributed by atoms with Gasteiger partial charge in [0, 0.05) is 27.4 Å². The fourth-order valence-electron chi connectivity index (χ4n) is 3.56. The van der Waals surface area contributed by atoms with E-state index in [1.54, 1.807) is 6.20 Å². The van der Waals surface area contributed by atoms with Crippen molar-refractivity contribution in [2.24, 2.45) is 0 Å². The minimum atomic E-state index is 0.679. The van der Waals surface area contributed by atoms with Crippen LogP contribution in [-0.4, -0.2) is 15.0 Å². The van der Waals surface area contributed by atoms with E-state index in [9.17, 15) is 0 Å². The molecular formula is C27H18BrN3. The second-order valence-electron chi connectivity index (χ2n) is 7.08. The van der Waals surface area contributed by atoms with Crippen LogP contribution in [0.25, 0.3) is 45.2 Å². The maximum absolute atomic E-state index is 5.05. The second-order valence-corrected chi connectivity index (χ2v) is 7.99. The van der Waals surface area contributed by atoms with Crippen molar-refractivity contribution in [1.82, 2.24) is 15.0 Å². The van der Waals surface area contributed by atoms with Crippen molar-refractivity contribution in [1.29, 1.82) is 0 Å². The average Bonchev–Trinajstić information content (AvgIpc) is 2.85. The lowest BCUT2D eigenvalue weighted by Crippen LogP contribution is -2.01. The SMILES string of the molecule is Brc1ccc(-c2nc(-c3ccccc3)nc(-c3ccccc3)c2-c2ccccc2)nc1. The smallest absolute Gasteiger partial charge is 0.160 e. The minimum absolute atomic E-state index is 0.679. The molecule has 148 valence electrons. The van der Waals surface area contributed by atoms with Crippen LogP contribution in [-0.2, 0) is 0 Å². The predicted octanol–water partition coefficient (Wildman–Crippen LogP) is 7.30. The first-order valence-electron chi connectivity index (χ1n) is 10.00. The molecule has 0 unspecified atom stereocenters. The van der Waals surface area contributed by atoms with Gasteiger partial charge in [0.1, 0.15) is 5.69 Å². The molecule has 5 rings (SSSR count). The molecule has 0 radical (unpaired) electrons. The lowest BCUT2D eigenvalue weighted by Gasteiger charge is -2.16. The first kappa shape index (κ1) is 19.3. The molecule has 0 saturated heterocycles. The van der Waals surface area contributed by atoms with Crippen LogP contribution in [0.5, 0.6) is 0 Å². The molecule has 2 heterocycles. The quantitative estimate of drug-likeness (QED) is 0.280. The molecule has 2 aromatic heterocycles. The molecule has 0 bridgehead atoms. The summed E-state index contributed by atoms with van der Waals surface area (Å²) >= 11 is 3.49. The predicted molar refractivity (Wildman–Crippen MR) is 129 cm³/mol. The van der Waals surface area contributed by atoms with E-state index in [2.05, 4.69) is 45.2 Å². The van der Waals surface area contributed by atoms with Gasteiger partial charge in [-0.05, 0) is 33.6 Å². The minimum Gasteiger partial charge on any atom is -0.253 e. The molecule has 3 nitrogen and oxygen atoms in total. The normalized spacial score (nSPS) is 10.7. The van der Waals surface area contributed by atoms with Gasteiger partial charge in [-0.25, -0.2) is 9.97 Å². The molecule has 5 aromatic rings. The van der Waals surface area contributed by atoms with Crippen molar-refractivity contribution < 1.29 is 0 Å². The lowest BCUT2D eigenvalue weighted by atomic mass is 9.95. The third-order valence-electron chi connectivity index (χ3n) is 5.02. The number of rotatable bonds is 4. The molecule has 0 aliphatic carbocycles. The highest BCUT2D eigenvalue weighted by molar-refractivity contribution is 9.10. The average molecular weight is 464 g/mol. The molecule has 0 spiro atoms. The molecule has 3 aromatic carbocycles. The molecule has 0 amide bonds. The number of halogens is 1. The van der Waals surface area contributed by atoms with E-state index in [0.717, 1.165) is 43.8 Å². The van der Waals surface area contributed by atoms with Gasteiger partial charge in [0.25, 0.3) is 0 Å². The van der Waals surface area contributed by atoms with E-state index in [-0.39, 0.29) is 0 Å². The fraction of sp³-hybridized carbons (Fsp3) is 0. The highest BCUT2D eigenvalue weighted by Gasteiger charge is 2.20. The Morgan fingerprint density at radius 3 is 1.65 bits per heavy atom. The molecule has 0 saturated carbocycles. The molecule has 0 atom stereocenters. The summed E-state index contributed by atoms with van der Waals surface area (Å²) in [4.78, 5) is 14.7. The van der Waals surface area contributed by atoms with Crippen LogP contribution in [0, 0.1) is 0 Å². The number of aromatic nitrogens is 3. The molecule has 0 aliphatic heterocycles. The Morgan fingerprint density at radius 1 is 0.516 bits per heavy atom. The topological polar surface area (TPSA) is 38.7 Å². The summed E-state index contributed by atoms with van der Waals surface area (Å²) in [6.45, 7) is 0. The van der Waals surface area contributed by atoms with E-state index in [4.69, 9.17) is 9.97 Å². The standard InChI is InChI=1S/C27H18BrN3/c28-22-16-17-23(29-18-22)26-24(19-10-4-1-5-11-19)25(20-12-6-2-7-13-20)30-27(31-26)21-14-8-3-9-15-21/h1-18H. The van der Waals surface area contributed by atoms with Crippen LogP contribution in [0.3, 0.4) is 0 Å². The van der Waals surface area contributed by atoms with E-state index < -0.39 is 0 Å². The van der Waals surface area contributed by atoms with Gasteiger partial charge in [0.05, 0.1) is 11.4 Å². The Morgan fingerprint density at radius 2 is 1.06 bits per heavy atom. The third-order valence-corrected chi connectivity index (χ3v) is 5.49. The van der Waals surface area contributed by atoms with E-state index >= 15 is 0 Å². The van der Waals surface area contributed by atoms with Gasteiger partial charge in [0.15, 0.2) is 5.82 Å². The molecule has 31 heavy (non-hydrogen) atoms. The van der Waals surface area contributed by atoms with Crippen LogP contribution in [0.15, 0.2) is 114 Å². The van der Waals surface area contributed by atoms with Gasteiger partial charge >= 0.3 is 0 Å². The Kier molecular flexibility index (Phi) is 5.38. The van der Waals surface area contributed by atoms with Crippen LogP contribution < -0.4 is 0 Å². The van der Waals surface area contributed by atoms with E-state index in [1.165, 1.54) is 0 Å². The van der Waals surface area contributed by atoms with Crippen molar-refractivity contribution in [3.8, 4) is 45.2 Å². The number of benzene rings is 3. The number of nitrogens with zero attached hydrogens (tertiary/aromatic N) is 3. The van der Waals surface area contributed by atoms with Gasteiger partial charge in [-0.15, -0.1) is 0 Å². The summed E-state index contributed by atoms with van der Waals surface area (Å²) in [6.07, 6.45) is 1.80. The first-order valence-corrected chi connectivity index (χ1v) is 10.8. The van der Waals surface area contributed by atoms with Gasteiger partial charge in [-0.3, -0.25) is 4.98 Å². The zero-order valence-electron chi connectivity index (χ0n) is 16.6. The van der Waals surface area contributed by atoms with Crippen LogP contribution >= 0.6 is 15.9 Å². The summed E-state index contributed by atoms with van der Waals surface area (Å²) in [5.41, 5.74) is 6.55. The fourth-order valence-corrected chi connectivity index (χ4v) is 3.80. The van der Waals surface area contributed by atoms with Gasteiger partial charge < -0.3 is 0 Å². The highest BCUT2D eigenvalue weighted by atomic mass is 79.9. The lowest BCUT2D eigenvalue weighted by molar-refractivity contribution is 1.16. The van der Waals surface area contributed by atoms with Crippen LogP contribution in [0.2, 0.25) is 0 Å². The summed E-state index contributed by atoms with van der Waals surface area (Å²) in [7, 11) is 0. The maximum Gasteiger partial charge on any atom is 0.160 e. The zero-order chi connectivity index (χ0) is 21.0. The molecule has 0 N–H and O–H groups in total. The third kappa shape index (κ3) is 4.03. The highest BCUT2D eigenvalue weighted by Crippen LogP contribution is 2.38. The largest absolute Gasteiger partial charge is 0.253 e. The maximum atomic E-state index is 5.05. The van der Waals surface area contributed by atoms with E-state index in [0.29, 0.717) is 5.82 Å². The number of hydrogen-bond donors (Lipinski definition) is 0. The molecular weight excluding hydrogens is 446 g/mol. The molecule has 0 aliphatic rings. The Hall–Kier alpha value is -3.63. The van der Waals surface area contributed by atoms with Crippen molar-refractivity contribution in [2.75, 3.05) is 0 Å². The zero-order valence-corrected chi connectivity index (χ0v) is 18.2. The van der Waals surface area contributed by atoms with Gasteiger partial charge in [0.2, 0.25) is 0 Å². The van der Waals surface area contributed by atoms with E-state index in [1.807, 2.05) is 78.9 Å². The first-order chi connectivity index (χ1) is 15.3. The van der Waals surface area contributed by atoms with Gasteiger partial charge in [-0.1, -0.05) is 91.0 Å². The van der Waals surface area contributed by atoms with Crippen LogP contribution in [0.4, 0.5) is 0 Å². The Labute approximate surface area is 189 Å². The number of pyridine rings is 1. The Bertz CT molecular complexity index is 1300. The summed E-state index contributed by atoms with van der Waals surface area (Å²) in [6, 6.07) is 34.6. The van der Waals surface area contributed by atoms with Gasteiger partial charge in [-0.2, -0.15) is 0 Å². The van der Waals surface area contributed by atoms with Crippen molar-refractivity contribution in [3.05, 3.63) is 114 Å². The van der Waals surface area contributed by atoms with Crippen molar-refractivity contribution in [3.63, 3.8) is 0 Å². The van der Waals surface area contributed by atoms with Crippen molar-refractivity contribution in [2.45, 2.75) is 0 Å². The molecule has 0 fully saturated rings.